The van der Waals surface area contributed by atoms with E-state index in [0.29, 0.717) is 22.5 Å². The fourth-order valence-electron chi connectivity index (χ4n) is 4.79. The molecule has 1 saturated heterocycles. The van der Waals surface area contributed by atoms with Crippen LogP contribution in [0.4, 0.5) is 4.39 Å². The van der Waals surface area contributed by atoms with Gasteiger partial charge in [0.1, 0.15) is 17.0 Å². The van der Waals surface area contributed by atoms with Gasteiger partial charge in [0.2, 0.25) is 6.36 Å². The van der Waals surface area contributed by atoms with Crippen LogP contribution in [0.15, 0.2) is 36.5 Å². The van der Waals surface area contributed by atoms with E-state index in [1.807, 2.05) is 23.7 Å². The molecule has 1 aliphatic heterocycles. The highest BCUT2D eigenvalue weighted by Gasteiger charge is 2.45. The SMILES string of the molecule is CC(F)Oc1cccc(-c2nn(C3CCC3)c3cc(C(=O)CC4(C)CS(=O)(=O)C4)cnc23)c1. The van der Waals surface area contributed by atoms with Gasteiger partial charge in [-0.15, -0.1) is 0 Å². The average Bonchev–Trinajstić information content (AvgIpc) is 3.03. The van der Waals surface area contributed by atoms with Gasteiger partial charge < -0.3 is 4.74 Å². The highest BCUT2D eigenvalue weighted by atomic mass is 32.2. The molecule has 7 nitrogen and oxygen atoms in total. The summed E-state index contributed by atoms with van der Waals surface area (Å²) in [7, 11) is -3.02. The lowest BCUT2D eigenvalue weighted by Crippen LogP contribution is -2.47. The molecule has 9 heteroatoms. The van der Waals surface area contributed by atoms with Crippen molar-refractivity contribution in [3.05, 3.63) is 42.1 Å². The number of rotatable bonds is 7. The Morgan fingerprint density at radius 3 is 2.70 bits per heavy atom. The fraction of sp³-hybridized carbons (Fsp3) is 0.458. The molecule has 1 saturated carbocycles. The number of aromatic nitrogens is 3. The smallest absolute Gasteiger partial charge is 0.235 e. The van der Waals surface area contributed by atoms with Crippen molar-refractivity contribution >= 4 is 26.7 Å². The predicted molar refractivity (Wildman–Crippen MR) is 123 cm³/mol. The Bertz CT molecular complexity index is 1330. The third kappa shape index (κ3) is 4.26. The Hall–Kier alpha value is -2.81. The van der Waals surface area contributed by atoms with Crippen LogP contribution in [0.25, 0.3) is 22.3 Å². The van der Waals surface area contributed by atoms with Crippen LogP contribution in [0.1, 0.15) is 55.9 Å². The molecule has 174 valence electrons. The molecule has 0 radical (unpaired) electrons. The quantitative estimate of drug-likeness (QED) is 0.471. The number of benzene rings is 1. The number of sulfone groups is 1. The van der Waals surface area contributed by atoms with Gasteiger partial charge in [0.05, 0.1) is 23.1 Å². The number of hydrogen-bond donors (Lipinski definition) is 0. The van der Waals surface area contributed by atoms with Gasteiger partial charge in [-0.3, -0.25) is 14.5 Å². The maximum atomic E-state index is 13.3. The molecular formula is C24H26FN3O4S. The van der Waals surface area contributed by atoms with Gasteiger partial charge in [0, 0.05) is 36.1 Å². The fourth-order valence-corrected chi connectivity index (χ4v) is 7.03. The molecule has 0 bridgehead atoms. The number of nitrogens with zero attached hydrogens (tertiary/aromatic N) is 3. The molecule has 1 unspecified atom stereocenters. The largest absolute Gasteiger partial charge is 0.461 e. The Morgan fingerprint density at radius 1 is 1.30 bits per heavy atom. The van der Waals surface area contributed by atoms with Crippen LogP contribution >= 0.6 is 0 Å². The van der Waals surface area contributed by atoms with Crippen molar-refractivity contribution in [1.82, 2.24) is 14.8 Å². The molecule has 2 aliphatic rings. The summed E-state index contributed by atoms with van der Waals surface area (Å²) in [6.07, 6.45) is 3.42. The molecule has 0 amide bonds. The number of ether oxygens (including phenoxy) is 1. The summed E-state index contributed by atoms with van der Waals surface area (Å²) in [5.74, 6) is 0.379. The number of halogens is 1. The van der Waals surface area contributed by atoms with E-state index in [-0.39, 0.29) is 29.8 Å². The molecule has 3 heterocycles. The van der Waals surface area contributed by atoms with Crippen molar-refractivity contribution in [2.75, 3.05) is 11.5 Å². The lowest BCUT2D eigenvalue weighted by molar-refractivity contribution is 0.0860. The van der Waals surface area contributed by atoms with E-state index >= 15 is 0 Å². The number of alkyl halides is 1. The van der Waals surface area contributed by atoms with Gasteiger partial charge in [-0.1, -0.05) is 19.1 Å². The number of pyridine rings is 1. The summed E-state index contributed by atoms with van der Waals surface area (Å²) in [4.78, 5) is 17.6. The summed E-state index contributed by atoms with van der Waals surface area (Å²) in [6, 6.07) is 9.15. The Labute approximate surface area is 191 Å². The van der Waals surface area contributed by atoms with Crippen LogP contribution in [0, 0.1) is 5.41 Å². The summed E-state index contributed by atoms with van der Waals surface area (Å²) in [5.41, 5.74) is 2.81. The monoisotopic (exact) mass is 471 g/mol. The van der Waals surface area contributed by atoms with Crippen molar-refractivity contribution < 1.29 is 22.3 Å². The molecule has 3 aromatic rings. The molecular weight excluding hydrogens is 445 g/mol. The Kier molecular flexibility index (Phi) is 5.27. The highest BCUT2D eigenvalue weighted by molar-refractivity contribution is 7.92. The standard InChI is InChI=1S/C24H26FN3O4S/c1-15(25)32-19-8-3-5-16(9-19)22-23-20(28(27-22)18-6-4-7-18)10-17(12-26-23)21(29)11-24(2)13-33(30,31)14-24/h3,5,8-10,12,15,18H,4,6-7,11,13-14H2,1-2H3. The molecule has 1 atom stereocenters. The highest BCUT2D eigenvalue weighted by Crippen LogP contribution is 2.39. The van der Waals surface area contributed by atoms with Crippen LogP contribution in [0.5, 0.6) is 5.75 Å². The third-order valence-corrected chi connectivity index (χ3v) is 8.69. The van der Waals surface area contributed by atoms with Gasteiger partial charge in [0.15, 0.2) is 15.6 Å². The molecule has 1 aromatic carbocycles. The van der Waals surface area contributed by atoms with Crippen LogP contribution in [-0.4, -0.2) is 46.8 Å². The maximum absolute atomic E-state index is 13.3. The normalized spacial score (nSPS) is 20.1. The first-order valence-electron chi connectivity index (χ1n) is 11.2. The van der Waals surface area contributed by atoms with Crippen molar-refractivity contribution in [1.29, 1.82) is 0 Å². The topological polar surface area (TPSA) is 91.2 Å². The number of Topliss-reactive ketones (excluding diaryl/α,β-unsaturated/α-hetero) is 1. The summed E-state index contributed by atoms with van der Waals surface area (Å²) < 4.78 is 43.7. The Balaban J connectivity index is 1.52. The molecule has 33 heavy (non-hydrogen) atoms. The minimum Gasteiger partial charge on any atom is -0.461 e. The second-order valence-electron chi connectivity index (χ2n) is 9.60. The number of hydrogen-bond acceptors (Lipinski definition) is 6. The van der Waals surface area contributed by atoms with Crippen molar-refractivity contribution in [3.63, 3.8) is 0 Å². The van der Waals surface area contributed by atoms with Gasteiger partial charge in [0.25, 0.3) is 0 Å². The van der Waals surface area contributed by atoms with Crippen LogP contribution in [0.2, 0.25) is 0 Å². The van der Waals surface area contributed by atoms with E-state index in [1.165, 1.54) is 6.92 Å². The minimum atomic E-state index is -3.02. The molecule has 1 aliphatic carbocycles. The van der Waals surface area contributed by atoms with E-state index in [1.54, 1.807) is 24.4 Å². The summed E-state index contributed by atoms with van der Waals surface area (Å²) >= 11 is 0. The number of ketones is 1. The predicted octanol–water partition coefficient (Wildman–Crippen LogP) is 4.53. The van der Waals surface area contributed by atoms with Gasteiger partial charge in [-0.25, -0.2) is 12.8 Å². The number of carbonyl (C=O) groups excluding carboxylic acids is 1. The average molecular weight is 472 g/mol. The zero-order chi connectivity index (χ0) is 23.4. The zero-order valence-electron chi connectivity index (χ0n) is 18.6. The van der Waals surface area contributed by atoms with E-state index in [4.69, 9.17) is 9.84 Å². The molecule has 2 fully saturated rings. The first-order valence-corrected chi connectivity index (χ1v) is 13.0. The first kappa shape index (κ1) is 22.0. The lowest BCUT2D eigenvalue weighted by Gasteiger charge is -2.37. The van der Waals surface area contributed by atoms with Gasteiger partial charge >= 0.3 is 0 Å². The second-order valence-corrected chi connectivity index (χ2v) is 11.7. The van der Waals surface area contributed by atoms with Crippen LogP contribution in [0.3, 0.4) is 0 Å². The first-order chi connectivity index (χ1) is 15.6. The summed E-state index contributed by atoms with van der Waals surface area (Å²) in [6.45, 7) is 3.16. The lowest BCUT2D eigenvalue weighted by atomic mass is 9.86. The van der Waals surface area contributed by atoms with Gasteiger partial charge in [-0.05, 0) is 37.5 Å². The molecule has 0 spiro atoms. The van der Waals surface area contributed by atoms with E-state index < -0.39 is 21.6 Å². The number of fused-ring (bicyclic) bond motifs is 1. The molecule has 0 N–H and O–H groups in total. The van der Waals surface area contributed by atoms with E-state index in [2.05, 4.69) is 4.98 Å². The van der Waals surface area contributed by atoms with Crippen molar-refractivity contribution in [2.24, 2.45) is 5.41 Å². The summed E-state index contributed by atoms with van der Waals surface area (Å²) in [5, 5.41) is 4.84. The van der Waals surface area contributed by atoms with Gasteiger partial charge in [-0.2, -0.15) is 5.10 Å². The maximum Gasteiger partial charge on any atom is 0.235 e. The minimum absolute atomic E-state index is 0.0431. The van der Waals surface area contributed by atoms with Crippen LogP contribution < -0.4 is 4.74 Å². The Morgan fingerprint density at radius 2 is 2.06 bits per heavy atom. The van der Waals surface area contributed by atoms with E-state index in [9.17, 15) is 17.6 Å². The molecule has 2 aromatic heterocycles. The second kappa shape index (κ2) is 7.90. The third-order valence-electron chi connectivity index (χ3n) is 6.42. The number of carbonyl (C=O) groups is 1. The van der Waals surface area contributed by atoms with Crippen LogP contribution in [-0.2, 0) is 9.84 Å². The van der Waals surface area contributed by atoms with Crippen molar-refractivity contribution in [3.8, 4) is 17.0 Å². The van der Waals surface area contributed by atoms with E-state index in [0.717, 1.165) is 30.3 Å². The zero-order valence-corrected chi connectivity index (χ0v) is 19.4. The van der Waals surface area contributed by atoms with Crippen molar-refractivity contribution in [2.45, 2.75) is 51.9 Å². The molecule has 5 rings (SSSR count).